The van der Waals surface area contributed by atoms with Gasteiger partial charge in [0.2, 0.25) is 5.91 Å². The van der Waals surface area contributed by atoms with Gasteiger partial charge < -0.3 is 20.5 Å². The number of amides is 1. The number of ether oxygens (including phenoxy) is 1. The highest BCUT2D eigenvalue weighted by Gasteiger charge is 2.33. The molecule has 0 bridgehead atoms. The fourth-order valence-corrected chi connectivity index (χ4v) is 4.79. The summed E-state index contributed by atoms with van der Waals surface area (Å²) in [5.74, 6) is 2.02. The first-order chi connectivity index (χ1) is 16.6. The molecule has 3 N–H and O–H groups in total. The Bertz CT molecular complexity index is 1390. The molecule has 4 aromatic heterocycles. The largest absolute Gasteiger partial charge is 0.455 e. The molecule has 0 radical (unpaired) electrons. The zero-order valence-corrected chi connectivity index (χ0v) is 20.8. The highest BCUT2D eigenvalue weighted by molar-refractivity contribution is 7.22. The van der Waals surface area contributed by atoms with Crippen molar-refractivity contribution >= 4 is 44.4 Å². The molecule has 11 heteroatoms. The van der Waals surface area contributed by atoms with Gasteiger partial charge in [0.25, 0.3) is 0 Å². The van der Waals surface area contributed by atoms with Crippen molar-refractivity contribution in [1.82, 2.24) is 24.7 Å². The van der Waals surface area contributed by atoms with Gasteiger partial charge in [0.1, 0.15) is 17.3 Å². The summed E-state index contributed by atoms with van der Waals surface area (Å²) >= 11 is 1.46. The standard InChI is InChI=1S/C24H27N7O3S/c1-13(32)27-20-10-16(5-6-25-20)34-17-9-18-22(26-12-17)29-23(35-18)28-21-11-19(24(2,3)4)31(30-21)14-7-15(33)8-14/h5-6,9-12,14-15,33H,7-8H2,1-4H3,(H,25,27,32)(H,26,28,29,30). The van der Waals surface area contributed by atoms with Crippen molar-refractivity contribution in [3.05, 3.63) is 42.4 Å². The van der Waals surface area contributed by atoms with Crippen molar-refractivity contribution in [3.8, 4) is 11.5 Å². The van der Waals surface area contributed by atoms with Crippen LogP contribution in [0.4, 0.5) is 16.8 Å². The van der Waals surface area contributed by atoms with E-state index in [4.69, 9.17) is 9.84 Å². The Balaban J connectivity index is 1.35. The lowest BCUT2D eigenvalue weighted by molar-refractivity contribution is -0.114. The van der Waals surface area contributed by atoms with Crippen LogP contribution in [-0.2, 0) is 10.2 Å². The van der Waals surface area contributed by atoms with Crippen LogP contribution in [0.15, 0.2) is 36.7 Å². The summed E-state index contributed by atoms with van der Waals surface area (Å²) in [7, 11) is 0. The van der Waals surface area contributed by atoms with Gasteiger partial charge in [-0.15, -0.1) is 0 Å². The molecule has 0 atom stereocenters. The minimum atomic E-state index is -0.246. The lowest BCUT2D eigenvalue weighted by atomic mass is 9.87. The van der Waals surface area contributed by atoms with E-state index in [0.717, 1.165) is 23.2 Å². The van der Waals surface area contributed by atoms with Gasteiger partial charge in [-0.25, -0.2) is 9.97 Å². The average Bonchev–Trinajstić information content (AvgIpc) is 3.34. The fourth-order valence-electron chi connectivity index (χ4n) is 3.93. The molecule has 1 fully saturated rings. The molecular weight excluding hydrogens is 466 g/mol. The normalized spacial score (nSPS) is 17.7. The highest BCUT2D eigenvalue weighted by atomic mass is 32.1. The van der Waals surface area contributed by atoms with Gasteiger partial charge in [-0.1, -0.05) is 32.1 Å². The van der Waals surface area contributed by atoms with Gasteiger partial charge in [0.05, 0.1) is 23.0 Å². The minimum absolute atomic E-state index is 0.0817. The zero-order chi connectivity index (χ0) is 24.7. The zero-order valence-electron chi connectivity index (χ0n) is 19.9. The van der Waals surface area contributed by atoms with E-state index in [2.05, 4.69) is 52.4 Å². The van der Waals surface area contributed by atoms with Gasteiger partial charge in [-0.05, 0) is 18.9 Å². The van der Waals surface area contributed by atoms with Crippen LogP contribution in [-0.4, -0.2) is 41.9 Å². The Labute approximate surface area is 206 Å². The molecule has 1 aliphatic carbocycles. The predicted molar refractivity (Wildman–Crippen MR) is 135 cm³/mol. The Morgan fingerprint density at radius 2 is 1.97 bits per heavy atom. The molecule has 1 saturated carbocycles. The SMILES string of the molecule is CC(=O)Nc1cc(Oc2cnc3nc(Nc4cc(C(C)(C)C)n(C5CC(O)C5)n4)sc3c2)ccn1. The number of nitrogens with one attached hydrogen (secondary N) is 2. The minimum Gasteiger partial charge on any atom is -0.455 e. The molecule has 5 rings (SSSR count). The third-order valence-electron chi connectivity index (χ3n) is 5.67. The monoisotopic (exact) mass is 493 g/mol. The van der Waals surface area contributed by atoms with Crippen LogP contribution in [0.25, 0.3) is 10.3 Å². The van der Waals surface area contributed by atoms with E-state index in [1.54, 1.807) is 24.5 Å². The van der Waals surface area contributed by atoms with Gasteiger partial charge in [0.15, 0.2) is 16.6 Å². The molecule has 1 aliphatic rings. The second-order valence-corrected chi connectivity index (χ2v) is 10.7. The topological polar surface area (TPSA) is 127 Å². The Morgan fingerprint density at radius 3 is 2.69 bits per heavy atom. The highest BCUT2D eigenvalue weighted by Crippen LogP contribution is 2.38. The number of pyridine rings is 2. The van der Waals surface area contributed by atoms with E-state index in [1.807, 2.05) is 10.7 Å². The molecule has 0 unspecified atom stereocenters. The summed E-state index contributed by atoms with van der Waals surface area (Å²) in [6, 6.07) is 7.49. The number of rotatable bonds is 6. The van der Waals surface area contributed by atoms with E-state index in [9.17, 15) is 9.90 Å². The number of carbonyl (C=O) groups excluding carboxylic acids is 1. The summed E-state index contributed by atoms with van der Waals surface area (Å²) in [6.45, 7) is 7.90. The van der Waals surface area contributed by atoms with Crippen LogP contribution in [0, 0.1) is 0 Å². The van der Waals surface area contributed by atoms with Crippen LogP contribution in [0.2, 0.25) is 0 Å². The lowest BCUT2D eigenvalue weighted by Crippen LogP contribution is -2.34. The number of thiazole rings is 1. The van der Waals surface area contributed by atoms with Gasteiger partial charge in [0, 0.05) is 42.4 Å². The summed E-state index contributed by atoms with van der Waals surface area (Å²) in [6.07, 6.45) is 4.38. The van der Waals surface area contributed by atoms with Crippen LogP contribution >= 0.6 is 11.3 Å². The number of anilines is 3. The Hall–Kier alpha value is -3.57. The Morgan fingerprint density at radius 1 is 1.17 bits per heavy atom. The molecule has 0 aromatic carbocycles. The molecule has 4 heterocycles. The molecule has 1 amide bonds. The number of hydrogen-bond donors (Lipinski definition) is 3. The molecule has 182 valence electrons. The molecular formula is C24H27N7O3S. The number of nitrogens with zero attached hydrogens (tertiary/aromatic N) is 5. The molecule has 10 nitrogen and oxygen atoms in total. The van der Waals surface area contributed by atoms with Crippen LogP contribution in [0.3, 0.4) is 0 Å². The van der Waals surface area contributed by atoms with Crippen LogP contribution in [0.5, 0.6) is 11.5 Å². The maximum Gasteiger partial charge on any atom is 0.222 e. The van der Waals surface area contributed by atoms with E-state index in [0.29, 0.717) is 33.9 Å². The number of aromatic nitrogens is 5. The third kappa shape index (κ3) is 5.10. The molecule has 0 aliphatic heterocycles. The second kappa shape index (κ2) is 8.90. The summed E-state index contributed by atoms with van der Waals surface area (Å²) in [4.78, 5) is 24.4. The maximum atomic E-state index is 11.3. The van der Waals surface area contributed by atoms with Crippen molar-refractivity contribution in [2.75, 3.05) is 10.6 Å². The molecule has 0 spiro atoms. The quantitative estimate of drug-likeness (QED) is 0.350. The summed E-state index contributed by atoms with van der Waals surface area (Å²) in [5.41, 5.74) is 1.64. The van der Waals surface area contributed by atoms with Crippen molar-refractivity contribution in [2.24, 2.45) is 0 Å². The number of fused-ring (bicyclic) bond motifs is 1. The lowest BCUT2D eigenvalue weighted by Gasteiger charge is -2.34. The van der Waals surface area contributed by atoms with Crippen molar-refractivity contribution in [1.29, 1.82) is 0 Å². The third-order valence-corrected chi connectivity index (χ3v) is 6.57. The smallest absolute Gasteiger partial charge is 0.222 e. The number of carbonyl (C=O) groups is 1. The summed E-state index contributed by atoms with van der Waals surface area (Å²) < 4.78 is 8.81. The van der Waals surface area contributed by atoms with Crippen molar-refractivity contribution in [3.63, 3.8) is 0 Å². The second-order valence-electron chi connectivity index (χ2n) is 9.69. The van der Waals surface area contributed by atoms with Crippen LogP contribution < -0.4 is 15.4 Å². The number of aliphatic hydroxyl groups excluding tert-OH is 1. The first-order valence-electron chi connectivity index (χ1n) is 11.4. The Kier molecular flexibility index (Phi) is 5.89. The van der Waals surface area contributed by atoms with E-state index >= 15 is 0 Å². The van der Waals surface area contributed by atoms with E-state index < -0.39 is 0 Å². The fraction of sp³-hybridized carbons (Fsp3) is 0.375. The summed E-state index contributed by atoms with van der Waals surface area (Å²) in [5, 5.41) is 21.2. The first-order valence-corrected chi connectivity index (χ1v) is 12.2. The molecule has 4 aromatic rings. The molecule has 35 heavy (non-hydrogen) atoms. The van der Waals surface area contributed by atoms with Crippen molar-refractivity contribution < 1.29 is 14.6 Å². The molecule has 0 saturated heterocycles. The predicted octanol–water partition coefficient (Wildman–Crippen LogP) is 4.77. The number of hydrogen-bond acceptors (Lipinski definition) is 9. The van der Waals surface area contributed by atoms with Gasteiger partial charge in [-0.3, -0.25) is 9.48 Å². The van der Waals surface area contributed by atoms with Gasteiger partial charge in [-0.2, -0.15) is 10.1 Å². The number of aliphatic hydroxyl groups is 1. The maximum absolute atomic E-state index is 11.3. The van der Waals surface area contributed by atoms with Crippen molar-refractivity contribution in [2.45, 2.75) is 58.1 Å². The van der Waals surface area contributed by atoms with Gasteiger partial charge >= 0.3 is 0 Å². The van der Waals surface area contributed by atoms with E-state index in [1.165, 1.54) is 18.3 Å². The first kappa shape index (κ1) is 23.2. The average molecular weight is 494 g/mol. The van der Waals surface area contributed by atoms with E-state index in [-0.39, 0.29) is 23.5 Å². The van der Waals surface area contributed by atoms with Crippen LogP contribution in [0.1, 0.15) is 52.3 Å².